The number of piperidine rings is 1. The van der Waals surface area contributed by atoms with E-state index in [4.69, 9.17) is 4.52 Å². The van der Waals surface area contributed by atoms with Gasteiger partial charge in [0.15, 0.2) is 5.82 Å². The van der Waals surface area contributed by atoms with E-state index >= 15 is 0 Å². The van der Waals surface area contributed by atoms with Crippen LogP contribution in [0.4, 0.5) is 0 Å². The lowest BCUT2D eigenvalue weighted by Crippen LogP contribution is -2.47. The van der Waals surface area contributed by atoms with Gasteiger partial charge in [-0.15, -0.1) is 0 Å². The second-order valence-electron chi connectivity index (χ2n) is 7.19. The third-order valence-corrected chi connectivity index (χ3v) is 4.88. The van der Waals surface area contributed by atoms with Crippen LogP contribution in [0.25, 0.3) is 0 Å². The first-order valence-electron chi connectivity index (χ1n) is 9.20. The first-order chi connectivity index (χ1) is 12.3. The standard InChI is InChI=1S/C17H26N6O2/c24-15(11-23-8-2-6-19-23)9-18-14-3-1-7-22(10-14)12-16-20-17(25-21-16)13-4-5-13/h2,6,8,13-15,18,24H,1,3-5,7,9-12H2/t14-,15+/m0/s1. The van der Waals surface area contributed by atoms with Gasteiger partial charge in [0.05, 0.1) is 19.2 Å². The molecule has 1 saturated carbocycles. The van der Waals surface area contributed by atoms with E-state index in [9.17, 15) is 5.11 Å². The number of hydrogen-bond donors (Lipinski definition) is 2. The Morgan fingerprint density at radius 3 is 3.08 bits per heavy atom. The summed E-state index contributed by atoms with van der Waals surface area (Å²) in [4.78, 5) is 6.88. The number of hydrogen-bond acceptors (Lipinski definition) is 7. The molecule has 0 amide bonds. The molecule has 136 valence electrons. The predicted molar refractivity (Wildman–Crippen MR) is 90.8 cm³/mol. The maximum absolute atomic E-state index is 10.1. The first kappa shape index (κ1) is 16.7. The Hall–Kier alpha value is -1.77. The number of aromatic nitrogens is 4. The summed E-state index contributed by atoms with van der Waals surface area (Å²) in [6.07, 6.45) is 7.79. The lowest BCUT2D eigenvalue weighted by Gasteiger charge is -2.32. The zero-order valence-electron chi connectivity index (χ0n) is 14.4. The largest absolute Gasteiger partial charge is 0.390 e. The number of likely N-dealkylation sites (tertiary alicyclic amines) is 1. The van der Waals surface area contributed by atoms with Crippen LogP contribution in [0.15, 0.2) is 23.0 Å². The SMILES string of the molecule is O[C@H](CN[C@H]1CCCN(Cc2noc(C3CC3)n2)C1)Cn1cccn1. The van der Waals surface area contributed by atoms with Crippen molar-refractivity contribution in [2.24, 2.45) is 0 Å². The average molecular weight is 346 g/mol. The summed E-state index contributed by atoms with van der Waals surface area (Å²) in [6, 6.07) is 2.25. The number of aliphatic hydroxyl groups excluding tert-OH is 1. The van der Waals surface area contributed by atoms with E-state index < -0.39 is 6.10 Å². The van der Waals surface area contributed by atoms with Gasteiger partial charge in [0.25, 0.3) is 0 Å². The highest BCUT2D eigenvalue weighted by Gasteiger charge is 2.30. The van der Waals surface area contributed by atoms with Crippen molar-refractivity contribution in [2.45, 2.75) is 56.8 Å². The van der Waals surface area contributed by atoms with Crippen molar-refractivity contribution in [3.8, 4) is 0 Å². The molecule has 0 radical (unpaired) electrons. The van der Waals surface area contributed by atoms with Crippen molar-refractivity contribution >= 4 is 0 Å². The van der Waals surface area contributed by atoms with Gasteiger partial charge >= 0.3 is 0 Å². The Morgan fingerprint density at radius 1 is 1.36 bits per heavy atom. The Labute approximate surface area is 147 Å². The van der Waals surface area contributed by atoms with Crippen LogP contribution in [0, 0.1) is 0 Å². The third-order valence-electron chi connectivity index (χ3n) is 4.88. The second-order valence-corrected chi connectivity index (χ2v) is 7.19. The molecule has 8 heteroatoms. The van der Waals surface area contributed by atoms with Gasteiger partial charge in [-0.2, -0.15) is 10.1 Å². The van der Waals surface area contributed by atoms with Crippen molar-refractivity contribution in [1.82, 2.24) is 30.1 Å². The molecule has 2 atom stereocenters. The van der Waals surface area contributed by atoms with E-state index in [0.717, 1.165) is 44.2 Å². The minimum atomic E-state index is -0.436. The van der Waals surface area contributed by atoms with Gasteiger partial charge in [0, 0.05) is 37.4 Å². The van der Waals surface area contributed by atoms with Crippen molar-refractivity contribution in [3.63, 3.8) is 0 Å². The lowest BCUT2D eigenvalue weighted by molar-refractivity contribution is 0.126. The summed E-state index contributed by atoms with van der Waals surface area (Å²) in [5.74, 6) is 2.11. The van der Waals surface area contributed by atoms with E-state index in [2.05, 4.69) is 25.5 Å². The monoisotopic (exact) mass is 346 g/mol. The zero-order chi connectivity index (χ0) is 17.1. The molecule has 2 aromatic heterocycles. The summed E-state index contributed by atoms with van der Waals surface area (Å²) in [5.41, 5.74) is 0. The summed E-state index contributed by atoms with van der Waals surface area (Å²) >= 11 is 0. The second kappa shape index (κ2) is 7.63. The Morgan fingerprint density at radius 2 is 2.28 bits per heavy atom. The van der Waals surface area contributed by atoms with E-state index in [1.165, 1.54) is 12.8 Å². The van der Waals surface area contributed by atoms with Gasteiger partial charge < -0.3 is 14.9 Å². The van der Waals surface area contributed by atoms with Gasteiger partial charge in [-0.05, 0) is 38.3 Å². The summed E-state index contributed by atoms with van der Waals surface area (Å²) in [7, 11) is 0. The molecular weight excluding hydrogens is 320 g/mol. The maximum atomic E-state index is 10.1. The molecule has 2 aliphatic rings. The molecule has 1 aliphatic heterocycles. The fourth-order valence-corrected chi connectivity index (χ4v) is 3.39. The Balaban J connectivity index is 1.21. The van der Waals surface area contributed by atoms with Crippen LogP contribution >= 0.6 is 0 Å². The van der Waals surface area contributed by atoms with Crippen LogP contribution in [0.2, 0.25) is 0 Å². The number of nitrogens with zero attached hydrogens (tertiary/aromatic N) is 5. The summed E-state index contributed by atoms with van der Waals surface area (Å²) in [6.45, 7) is 3.84. The van der Waals surface area contributed by atoms with Gasteiger partial charge in [-0.25, -0.2) is 0 Å². The molecular formula is C17H26N6O2. The molecule has 4 rings (SSSR count). The quantitative estimate of drug-likeness (QED) is 0.729. The van der Waals surface area contributed by atoms with Gasteiger partial charge in [0.1, 0.15) is 0 Å². The molecule has 1 aliphatic carbocycles. The van der Waals surface area contributed by atoms with Crippen LogP contribution < -0.4 is 5.32 Å². The Kier molecular flexibility index (Phi) is 5.09. The normalized spacial score (nSPS) is 23.0. The first-order valence-corrected chi connectivity index (χ1v) is 9.20. The highest BCUT2D eigenvalue weighted by atomic mass is 16.5. The average Bonchev–Trinajstić information content (AvgIpc) is 3.14. The smallest absolute Gasteiger partial charge is 0.229 e. The zero-order valence-corrected chi connectivity index (χ0v) is 14.4. The summed E-state index contributed by atoms with van der Waals surface area (Å²) < 4.78 is 7.10. The molecule has 0 unspecified atom stereocenters. The molecule has 1 saturated heterocycles. The van der Waals surface area contributed by atoms with Crippen molar-refractivity contribution in [3.05, 3.63) is 30.2 Å². The number of aliphatic hydroxyl groups is 1. The molecule has 2 fully saturated rings. The van der Waals surface area contributed by atoms with Crippen molar-refractivity contribution < 1.29 is 9.63 Å². The fraction of sp³-hybridized carbons (Fsp3) is 0.706. The highest BCUT2D eigenvalue weighted by molar-refractivity contribution is 5.01. The Bertz CT molecular complexity index is 654. The van der Waals surface area contributed by atoms with Crippen LogP contribution in [0.1, 0.15) is 43.3 Å². The van der Waals surface area contributed by atoms with E-state index in [1.54, 1.807) is 10.9 Å². The fourth-order valence-electron chi connectivity index (χ4n) is 3.39. The predicted octanol–water partition coefficient (Wildman–Crippen LogP) is 0.759. The molecule has 2 aromatic rings. The molecule has 25 heavy (non-hydrogen) atoms. The third kappa shape index (κ3) is 4.65. The summed E-state index contributed by atoms with van der Waals surface area (Å²) in [5, 5.41) is 21.9. The van der Waals surface area contributed by atoms with Crippen molar-refractivity contribution in [2.75, 3.05) is 19.6 Å². The van der Waals surface area contributed by atoms with E-state index in [0.29, 0.717) is 25.0 Å². The van der Waals surface area contributed by atoms with E-state index in [-0.39, 0.29) is 0 Å². The van der Waals surface area contributed by atoms with Crippen LogP contribution in [0.5, 0.6) is 0 Å². The van der Waals surface area contributed by atoms with Gasteiger partial charge in [0.2, 0.25) is 5.89 Å². The van der Waals surface area contributed by atoms with Crippen LogP contribution in [-0.4, -0.2) is 61.7 Å². The number of rotatable bonds is 8. The van der Waals surface area contributed by atoms with Crippen LogP contribution in [-0.2, 0) is 13.1 Å². The van der Waals surface area contributed by atoms with Gasteiger partial charge in [-0.1, -0.05) is 5.16 Å². The molecule has 8 nitrogen and oxygen atoms in total. The molecule has 0 bridgehead atoms. The highest BCUT2D eigenvalue weighted by Crippen LogP contribution is 2.38. The maximum Gasteiger partial charge on any atom is 0.229 e. The minimum Gasteiger partial charge on any atom is -0.390 e. The van der Waals surface area contributed by atoms with E-state index in [1.807, 2.05) is 12.3 Å². The molecule has 0 aromatic carbocycles. The number of nitrogens with one attached hydrogen (secondary N) is 1. The molecule has 2 N–H and O–H groups in total. The lowest BCUT2D eigenvalue weighted by atomic mass is 10.1. The topological polar surface area (TPSA) is 92.2 Å². The molecule has 3 heterocycles. The molecule has 0 spiro atoms. The van der Waals surface area contributed by atoms with Gasteiger partial charge in [-0.3, -0.25) is 9.58 Å². The minimum absolute atomic E-state index is 0.385. The van der Waals surface area contributed by atoms with Crippen molar-refractivity contribution in [1.29, 1.82) is 0 Å². The van der Waals surface area contributed by atoms with Crippen LogP contribution in [0.3, 0.4) is 0 Å².